The maximum absolute atomic E-state index is 13.0. The monoisotopic (exact) mass is 447 g/mol. The van der Waals surface area contributed by atoms with E-state index in [1.54, 1.807) is 30.7 Å². The van der Waals surface area contributed by atoms with Crippen molar-refractivity contribution in [3.05, 3.63) is 102 Å². The third-order valence-corrected chi connectivity index (χ3v) is 5.17. The van der Waals surface area contributed by atoms with Crippen LogP contribution in [0.4, 0.5) is 4.39 Å². The van der Waals surface area contributed by atoms with E-state index in [-0.39, 0.29) is 12.4 Å². The summed E-state index contributed by atoms with van der Waals surface area (Å²) >= 11 is 0. The van der Waals surface area contributed by atoms with E-state index in [4.69, 9.17) is 14.3 Å². The molecule has 0 unspecified atom stereocenters. The molecule has 0 saturated carbocycles. The summed E-state index contributed by atoms with van der Waals surface area (Å²) in [6.45, 7) is 1.29. The number of aromatic nitrogens is 3. The van der Waals surface area contributed by atoms with Gasteiger partial charge in [-0.1, -0.05) is 24.3 Å². The summed E-state index contributed by atoms with van der Waals surface area (Å²) in [5, 5.41) is 9.10. The second-order valence-electron chi connectivity index (χ2n) is 7.61. The summed E-state index contributed by atoms with van der Waals surface area (Å²) in [4.78, 5) is 8.66. The van der Waals surface area contributed by atoms with Gasteiger partial charge < -0.3 is 18.8 Å². The first-order valence-electron chi connectivity index (χ1n) is 10.9. The SMILES string of the molecule is OCCc1nccn1CCCc1ccc(OCc2coc(C=Cc3ccc(F)cc3)n2)cc1. The average Bonchev–Trinajstić information content (AvgIpc) is 3.48. The number of oxazole rings is 1. The Morgan fingerprint density at radius 3 is 2.64 bits per heavy atom. The highest BCUT2D eigenvalue weighted by molar-refractivity contribution is 5.65. The minimum atomic E-state index is -0.266. The lowest BCUT2D eigenvalue weighted by Gasteiger charge is -2.08. The Bertz CT molecular complexity index is 1160. The van der Waals surface area contributed by atoms with Crippen LogP contribution >= 0.6 is 0 Å². The van der Waals surface area contributed by atoms with Crippen LogP contribution in [0, 0.1) is 5.82 Å². The Hall–Kier alpha value is -3.71. The molecule has 0 aliphatic rings. The number of rotatable bonds is 11. The smallest absolute Gasteiger partial charge is 0.218 e. The van der Waals surface area contributed by atoms with Crippen LogP contribution in [-0.2, 0) is 26.0 Å². The lowest BCUT2D eigenvalue weighted by Crippen LogP contribution is -2.06. The highest BCUT2D eigenvalue weighted by Gasteiger charge is 2.04. The molecule has 0 aliphatic heterocycles. The number of nitrogens with zero attached hydrogens (tertiary/aromatic N) is 3. The molecule has 0 bridgehead atoms. The van der Waals surface area contributed by atoms with Crippen LogP contribution in [0.3, 0.4) is 0 Å². The molecule has 1 N–H and O–H groups in total. The van der Waals surface area contributed by atoms with Crippen LogP contribution in [0.2, 0.25) is 0 Å². The normalized spacial score (nSPS) is 11.3. The summed E-state index contributed by atoms with van der Waals surface area (Å²) in [7, 11) is 0. The maximum Gasteiger partial charge on any atom is 0.218 e. The lowest BCUT2D eigenvalue weighted by atomic mass is 10.1. The van der Waals surface area contributed by atoms with Gasteiger partial charge in [-0.25, -0.2) is 14.4 Å². The van der Waals surface area contributed by atoms with Crippen molar-refractivity contribution in [1.29, 1.82) is 0 Å². The van der Waals surface area contributed by atoms with E-state index in [2.05, 4.69) is 26.7 Å². The van der Waals surface area contributed by atoms with Crippen molar-refractivity contribution in [2.45, 2.75) is 32.4 Å². The summed E-state index contributed by atoms with van der Waals surface area (Å²) in [5.74, 6) is 1.89. The summed E-state index contributed by atoms with van der Waals surface area (Å²) < 4.78 is 26.3. The third-order valence-electron chi connectivity index (χ3n) is 5.17. The Morgan fingerprint density at radius 2 is 1.85 bits per heavy atom. The Balaban J connectivity index is 1.22. The molecule has 2 aromatic heterocycles. The number of halogens is 1. The van der Waals surface area contributed by atoms with Gasteiger partial charge >= 0.3 is 0 Å². The topological polar surface area (TPSA) is 73.3 Å². The fourth-order valence-corrected chi connectivity index (χ4v) is 3.44. The van der Waals surface area contributed by atoms with E-state index in [0.717, 1.165) is 36.5 Å². The fraction of sp³-hybridized carbons (Fsp3) is 0.231. The molecular formula is C26H26FN3O3. The highest BCUT2D eigenvalue weighted by Crippen LogP contribution is 2.16. The number of hydrogen-bond acceptors (Lipinski definition) is 5. The minimum absolute atomic E-state index is 0.112. The van der Waals surface area contributed by atoms with Gasteiger partial charge in [0, 0.05) is 31.4 Å². The summed E-state index contributed by atoms with van der Waals surface area (Å²) in [6, 6.07) is 14.2. The average molecular weight is 448 g/mol. The molecule has 170 valence electrons. The molecule has 4 rings (SSSR count). The van der Waals surface area contributed by atoms with Gasteiger partial charge in [0.15, 0.2) is 0 Å². The van der Waals surface area contributed by atoms with Gasteiger partial charge in [-0.2, -0.15) is 0 Å². The number of aliphatic hydroxyl groups is 1. The highest BCUT2D eigenvalue weighted by atomic mass is 19.1. The van der Waals surface area contributed by atoms with Crippen LogP contribution in [0.1, 0.15) is 35.0 Å². The van der Waals surface area contributed by atoms with Crippen molar-refractivity contribution in [3.8, 4) is 5.75 Å². The van der Waals surface area contributed by atoms with E-state index in [9.17, 15) is 4.39 Å². The fourth-order valence-electron chi connectivity index (χ4n) is 3.44. The second-order valence-corrected chi connectivity index (χ2v) is 7.61. The number of imidazole rings is 1. The summed E-state index contributed by atoms with van der Waals surface area (Å²) in [5.41, 5.74) is 2.79. The van der Waals surface area contributed by atoms with Crippen molar-refractivity contribution < 1.29 is 18.7 Å². The molecule has 0 spiro atoms. The number of benzene rings is 2. The zero-order valence-electron chi connectivity index (χ0n) is 18.2. The predicted octanol–water partition coefficient (Wildman–Crippen LogP) is 4.93. The first-order valence-corrected chi connectivity index (χ1v) is 10.9. The van der Waals surface area contributed by atoms with E-state index < -0.39 is 0 Å². The predicted molar refractivity (Wildman–Crippen MR) is 124 cm³/mol. The quantitative estimate of drug-likeness (QED) is 0.353. The van der Waals surface area contributed by atoms with Gasteiger partial charge in [0.2, 0.25) is 5.89 Å². The largest absolute Gasteiger partial charge is 0.487 e. The molecular weight excluding hydrogens is 421 g/mol. The van der Waals surface area contributed by atoms with Gasteiger partial charge in [-0.05, 0) is 54.3 Å². The van der Waals surface area contributed by atoms with Gasteiger partial charge in [-0.3, -0.25) is 0 Å². The third kappa shape index (κ3) is 6.63. The standard InChI is InChI=1S/C26H26FN3O3/c27-22-8-3-21(4-9-22)7-12-26-29-23(19-33-26)18-32-24-10-5-20(6-11-24)2-1-15-30-16-14-28-25(30)13-17-31/h3-12,14,16,19,31H,1-2,13,15,17-18H2. The second kappa shape index (κ2) is 11.2. The van der Waals surface area contributed by atoms with Gasteiger partial charge in [0.1, 0.15) is 36.0 Å². The number of aryl methyl sites for hydroxylation is 2. The van der Waals surface area contributed by atoms with Gasteiger partial charge in [-0.15, -0.1) is 0 Å². The van der Waals surface area contributed by atoms with E-state index in [1.165, 1.54) is 17.7 Å². The molecule has 4 aromatic rings. The molecule has 0 aliphatic carbocycles. The Labute approximate surface area is 192 Å². The minimum Gasteiger partial charge on any atom is -0.487 e. The maximum atomic E-state index is 13.0. The van der Waals surface area contributed by atoms with Crippen molar-refractivity contribution in [2.24, 2.45) is 0 Å². The molecule has 2 heterocycles. The molecule has 33 heavy (non-hydrogen) atoms. The van der Waals surface area contributed by atoms with Crippen molar-refractivity contribution in [2.75, 3.05) is 6.61 Å². The van der Waals surface area contributed by atoms with E-state index in [0.29, 0.717) is 24.6 Å². The molecule has 2 aromatic carbocycles. The molecule has 0 fully saturated rings. The molecule has 6 nitrogen and oxygen atoms in total. The van der Waals surface area contributed by atoms with Crippen LogP contribution in [0.25, 0.3) is 12.2 Å². The number of hydrogen-bond donors (Lipinski definition) is 1. The molecule has 7 heteroatoms. The van der Waals surface area contributed by atoms with Crippen LogP contribution in [0.5, 0.6) is 5.75 Å². The molecule has 0 saturated heterocycles. The molecule has 0 radical (unpaired) electrons. The zero-order chi connectivity index (χ0) is 22.9. The van der Waals surface area contributed by atoms with Crippen LogP contribution in [0.15, 0.2) is 71.6 Å². The van der Waals surface area contributed by atoms with Crippen molar-refractivity contribution in [1.82, 2.24) is 14.5 Å². The lowest BCUT2D eigenvalue weighted by molar-refractivity contribution is 0.294. The number of aliphatic hydroxyl groups excluding tert-OH is 1. The first-order chi connectivity index (χ1) is 16.2. The van der Waals surface area contributed by atoms with Crippen molar-refractivity contribution >= 4 is 12.2 Å². The van der Waals surface area contributed by atoms with Crippen LogP contribution in [-0.4, -0.2) is 26.2 Å². The van der Waals surface area contributed by atoms with Crippen molar-refractivity contribution in [3.63, 3.8) is 0 Å². The van der Waals surface area contributed by atoms with Gasteiger partial charge in [0.25, 0.3) is 0 Å². The van der Waals surface area contributed by atoms with Gasteiger partial charge in [0.05, 0.1) is 6.61 Å². The Morgan fingerprint density at radius 1 is 1.03 bits per heavy atom. The molecule has 0 amide bonds. The Kier molecular flexibility index (Phi) is 7.66. The first kappa shape index (κ1) is 22.5. The van der Waals surface area contributed by atoms with E-state index in [1.807, 2.05) is 24.4 Å². The van der Waals surface area contributed by atoms with Crippen LogP contribution < -0.4 is 4.74 Å². The number of ether oxygens (including phenoxy) is 1. The molecule has 0 atom stereocenters. The zero-order valence-corrected chi connectivity index (χ0v) is 18.2. The van der Waals surface area contributed by atoms with E-state index >= 15 is 0 Å². The summed E-state index contributed by atoms with van der Waals surface area (Å²) in [6.07, 6.45) is 11.4.